The molecular weight excluding hydrogens is 528 g/mol. The number of carbonyl (C=O) groups is 3. The summed E-state index contributed by atoms with van der Waals surface area (Å²) in [6, 6.07) is 9.91. The highest BCUT2D eigenvalue weighted by Crippen LogP contribution is 2.68. The summed E-state index contributed by atoms with van der Waals surface area (Å²) in [5.41, 5.74) is 7.02. The second-order valence-electron chi connectivity index (χ2n) is 14.4. The molecule has 0 aliphatic heterocycles. The van der Waals surface area contributed by atoms with Gasteiger partial charge in [0, 0.05) is 6.42 Å². The maximum atomic E-state index is 12.5. The third-order valence-electron chi connectivity index (χ3n) is 12.3. The molecule has 4 saturated carbocycles. The van der Waals surface area contributed by atoms with Gasteiger partial charge in [0.25, 0.3) is 0 Å². The minimum Gasteiger partial charge on any atom is -0.461 e. The molecule has 0 heterocycles. The lowest BCUT2D eigenvalue weighted by Crippen LogP contribution is -2.54. The van der Waals surface area contributed by atoms with Crippen LogP contribution < -0.4 is 11.1 Å². The Balaban J connectivity index is 1.13. The molecule has 1 aromatic rings. The van der Waals surface area contributed by atoms with E-state index in [9.17, 15) is 14.4 Å². The number of nitrogens with one attached hydrogen (secondary N) is 1. The van der Waals surface area contributed by atoms with E-state index in [2.05, 4.69) is 26.1 Å². The SMILES string of the molecule is C[C@@H](CCC(=O)OCc1ccccc1)[C@H]1CC[C@H]2[C@@H]3CC[C@@H]4C[C@H](OC(=O)CNC(=O)CN)CC[C@]4(C)[C@H]3CC[C@]12C. The lowest BCUT2D eigenvalue weighted by molar-refractivity contribution is -0.162. The fraction of sp³-hybridized carbons (Fsp3) is 0.743. The van der Waals surface area contributed by atoms with Gasteiger partial charge in [-0.25, -0.2) is 0 Å². The molecule has 4 aliphatic rings. The molecule has 1 amide bonds. The Morgan fingerprint density at radius 3 is 2.45 bits per heavy atom. The number of benzene rings is 1. The fourth-order valence-corrected chi connectivity index (χ4v) is 10.1. The van der Waals surface area contributed by atoms with Crippen molar-refractivity contribution in [2.45, 2.75) is 104 Å². The summed E-state index contributed by atoms with van der Waals surface area (Å²) in [6.45, 7) is 7.61. The lowest BCUT2D eigenvalue weighted by atomic mass is 9.44. The normalized spacial score (nSPS) is 36.1. The predicted octanol–water partition coefficient (Wildman–Crippen LogP) is 5.79. The van der Waals surface area contributed by atoms with Crippen molar-refractivity contribution < 1.29 is 23.9 Å². The molecule has 7 nitrogen and oxygen atoms in total. The van der Waals surface area contributed by atoms with Crippen LogP contribution in [0.1, 0.15) is 97.0 Å². The number of rotatable bonds is 10. The summed E-state index contributed by atoms with van der Waals surface area (Å²) < 4.78 is 11.4. The van der Waals surface area contributed by atoms with Gasteiger partial charge < -0.3 is 20.5 Å². The molecule has 0 radical (unpaired) electrons. The van der Waals surface area contributed by atoms with E-state index in [1.165, 1.54) is 38.5 Å². The Labute approximate surface area is 252 Å². The van der Waals surface area contributed by atoms with Crippen molar-refractivity contribution in [3.63, 3.8) is 0 Å². The zero-order chi connectivity index (χ0) is 29.9. The van der Waals surface area contributed by atoms with E-state index in [-0.39, 0.29) is 37.0 Å². The van der Waals surface area contributed by atoms with Crippen molar-refractivity contribution in [3.05, 3.63) is 35.9 Å². The van der Waals surface area contributed by atoms with Gasteiger partial charge >= 0.3 is 11.9 Å². The van der Waals surface area contributed by atoms with E-state index in [0.29, 0.717) is 41.6 Å². The molecule has 4 aliphatic carbocycles. The van der Waals surface area contributed by atoms with E-state index >= 15 is 0 Å². The molecular formula is C35H52N2O5. The summed E-state index contributed by atoms with van der Waals surface area (Å²) >= 11 is 0. The number of hydrogen-bond donors (Lipinski definition) is 2. The predicted molar refractivity (Wildman–Crippen MR) is 162 cm³/mol. The third-order valence-corrected chi connectivity index (χ3v) is 12.3. The van der Waals surface area contributed by atoms with Crippen molar-refractivity contribution in [1.82, 2.24) is 5.32 Å². The Kier molecular flexibility index (Phi) is 9.66. The third kappa shape index (κ3) is 6.41. The summed E-state index contributed by atoms with van der Waals surface area (Å²) in [5, 5.41) is 2.52. The van der Waals surface area contributed by atoms with Crippen molar-refractivity contribution in [3.8, 4) is 0 Å². The highest BCUT2D eigenvalue weighted by Gasteiger charge is 2.60. The number of esters is 2. The van der Waals surface area contributed by atoms with Crippen molar-refractivity contribution in [2.75, 3.05) is 13.1 Å². The minimum absolute atomic E-state index is 0.0492. The summed E-state index contributed by atoms with van der Waals surface area (Å²) in [6.07, 6.45) is 12.0. The van der Waals surface area contributed by atoms with E-state index in [0.717, 1.165) is 49.0 Å². The van der Waals surface area contributed by atoms with Crippen LogP contribution in [0.3, 0.4) is 0 Å². The first-order valence-electron chi connectivity index (χ1n) is 16.5. The first-order valence-corrected chi connectivity index (χ1v) is 16.5. The van der Waals surface area contributed by atoms with E-state index in [1.54, 1.807) is 0 Å². The Bertz CT molecular complexity index is 1110. The fourth-order valence-electron chi connectivity index (χ4n) is 10.1. The largest absolute Gasteiger partial charge is 0.461 e. The number of amides is 1. The van der Waals surface area contributed by atoms with Crippen LogP contribution in [0.4, 0.5) is 0 Å². The van der Waals surface area contributed by atoms with E-state index in [4.69, 9.17) is 15.2 Å². The van der Waals surface area contributed by atoms with Crippen LogP contribution in [-0.2, 0) is 30.5 Å². The van der Waals surface area contributed by atoms with Crippen LogP contribution in [0, 0.1) is 46.3 Å². The number of hydrogen-bond acceptors (Lipinski definition) is 6. The Morgan fingerprint density at radius 2 is 1.69 bits per heavy atom. The number of fused-ring (bicyclic) bond motifs is 5. The highest BCUT2D eigenvalue weighted by atomic mass is 16.5. The molecule has 4 fully saturated rings. The molecule has 9 atom stereocenters. The maximum absolute atomic E-state index is 12.5. The Hall–Kier alpha value is -2.41. The minimum atomic E-state index is -0.358. The molecule has 5 rings (SSSR count). The molecule has 0 saturated heterocycles. The smallest absolute Gasteiger partial charge is 0.325 e. The lowest BCUT2D eigenvalue weighted by Gasteiger charge is -2.61. The summed E-state index contributed by atoms with van der Waals surface area (Å²) in [4.78, 5) is 36.3. The molecule has 1 aromatic carbocycles. The summed E-state index contributed by atoms with van der Waals surface area (Å²) in [5.74, 6) is 3.30. The highest BCUT2D eigenvalue weighted by molar-refractivity contribution is 5.83. The van der Waals surface area contributed by atoms with Gasteiger partial charge in [-0.15, -0.1) is 0 Å². The van der Waals surface area contributed by atoms with Gasteiger partial charge in [0.2, 0.25) is 5.91 Å². The summed E-state index contributed by atoms with van der Waals surface area (Å²) in [7, 11) is 0. The second kappa shape index (κ2) is 13.1. The molecule has 42 heavy (non-hydrogen) atoms. The molecule has 0 bridgehead atoms. The van der Waals surface area contributed by atoms with Gasteiger partial charge in [0.05, 0.1) is 6.54 Å². The van der Waals surface area contributed by atoms with Crippen LogP contribution in [0.2, 0.25) is 0 Å². The van der Waals surface area contributed by atoms with Gasteiger partial charge in [0.1, 0.15) is 19.3 Å². The molecule has 232 valence electrons. The van der Waals surface area contributed by atoms with Crippen LogP contribution in [0.25, 0.3) is 0 Å². The maximum Gasteiger partial charge on any atom is 0.325 e. The van der Waals surface area contributed by atoms with Crippen molar-refractivity contribution in [2.24, 2.45) is 52.1 Å². The first kappa shape index (κ1) is 31.0. The number of nitrogens with two attached hydrogens (primary N) is 1. The van der Waals surface area contributed by atoms with Crippen molar-refractivity contribution >= 4 is 17.8 Å². The first-order chi connectivity index (χ1) is 20.1. The van der Waals surface area contributed by atoms with Crippen LogP contribution in [0.5, 0.6) is 0 Å². The number of carbonyl (C=O) groups excluding carboxylic acids is 3. The average molecular weight is 581 g/mol. The average Bonchev–Trinajstić information content (AvgIpc) is 3.35. The molecule has 3 N–H and O–H groups in total. The molecule has 7 heteroatoms. The zero-order valence-corrected chi connectivity index (χ0v) is 25.9. The second-order valence-corrected chi connectivity index (χ2v) is 14.4. The standard InChI is InChI=1S/C35H52N2O5/c1-23(9-14-32(39)41-22-24-7-5-4-6-8-24)28-12-13-29-27-11-10-25-19-26(42-33(40)21-37-31(38)20-36)15-17-34(25,2)30(27)16-18-35(28,29)3/h4-8,23,25-30H,9-22,36H2,1-3H3,(H,37,38)/t23-,25+,26+,27-,28+,29-,30-,34-,35+/m0/s1. The van der Waals surface area contributed by atoms with Crippen LogP contribution in [0.15, 0.2) is 30.3 Å². The van der Waals surface area contributed by atoms with E-state index < -0.39 is 0 Å². The van der Waals surface area contributed by atoms with Gasteiger partial charge in [-0.05, 0) is 116 Å². The Morgan fingerprint density at radius 1 is 0.952 bits per heavy atom. The monoisotopic (exact) mass is 580 g/mol. The van der Waals surface area contributed by atoms with Crippen LogP contribution in [-0.4, -0.2) is 37.0 Å². The van der Waals surface area contributed by atoms with E-state index in [1.807, 2.05) is 30.3 Å². The number of ether oxygens (including phenoxy) is 2. The molecule has 0 unspecified atom stereocenters. The van der Waals surface area contributed by atoms with Crippen LogP contribution >= 0.6 is 0 Å². The molecule has 0 aromatic heterocycles. The van der Waals surface area contributed by atoms with Gasteiger partial charge in [-0.1, -0.05) is 51.1 Å². The van der Waals surface area contributed by atoms with Crippen molar-refractivity contribution in [1.29, 1.82) is 0 Å². The van der Waals surface area contributed by atoms with Gasteiger partial charge in [0.15, 0.2) is 0 Å². The zero-order valence-electron chi connectivity index (χ0n) is 25.9. The van der Waals surface area contributed by atoms with Gasteiger partial charge in [-0.2, -0.15) is 0 Å². The topological polar surface area (TPSA) is 108 Å². The quantitative estimate of drug-likeness (QED) is 0.339. The van der Waals surface area contributed by atoms with Gasteiger partial charge in [-0.3, -0.25) is 14.4 Å². The molecule has 0 spiro atoms.